The number of hydrogen-bond donors (Lipinski definition) is 1. The second kappa shape index (κ2) is 5.11. The van der Waals surface area contributed by atoms with Gasteiger partial charge in [-0.3, -0.25) is 4.79 Å². The van der Waals surface area contributed by atoms with Gasteiger partial charge in [0, 0.05) is 23.1 Å². The minimum atomic E-state index is 0.0765. The first-order valence-corrected chi connectivity index (χ1v) is 8.15. The standard InChI is InChI=1S/C17H16N2OS/c20-17-10-19(15-7-3-2-6-14(15)18-17)9-12-11-21-16-8-4-1-5-13(12)16/h1-8,12H,9-11H2,(H,18,20). The Labute approximate surface area is 128 Å². The van der Waals surface area contributed by atoms with Gasteiger partial charge in [-0.25, -0.2) is 0 Å². The lowest BCUT2D eigenvalue weighted by Gasteiger charge is -2.32. The lowest BCUT2D eigenvalue weighted by molar-refractivity contribution is -0.115. The van der Waals surface area contributed by atoms with Crippen LogP contribution in [0.2, 0.25) is 0 Å². The lowest BCUT2D eigenvalue weighted by Crippen LogP contribution is -2.40. The molecule has 1 atom stereocenters. The average Bonchev–Trinajstić information content (AvgIpc) is 2.90. The Morgan fingerprint density at radius 2 is 1.95 bits per heavy atom. The van der Waals surface area contributed by atoms with Crippen LogP contribution in [0.25, 0.3) is 0 Å². The van der Waals surface area contributed by atoms with Gasteiger partial charge in [0.1, 0.15) is 0 Å². The Hall–Kier alpha value is -1.94. The van der Waals surface area contributed by atoms with Gasteiger partial charge < -0.3 is 10.2 Å². The minimum Gasteiger partial charge on any atom is -0.360 e. The monoisotopic (exact) mass is 296 g/mol. The van der Waals surface area contributed by atoms with Gasteiger partial charge in [-0.15, -0.1) is 11.8 Å². The number of hydrogen-bond acceptors (Lipinski definition) is 3. The first-order chi connectivity index (χ1) is 10.3. The van der Waals surface area contributed by atoms with Crippen molar-refractivity contribution in [1.29, 1.82) is 0 Å². The number of nitrogens with zero attached hydrogens (tertiary/aromatic N) is 1. The van der Waals surface area contributed by atoms with Crippen LogP contribution in [0, 0.1) is 0 Å². The van der Waals surface area contributed by atoms with E-state index < -0.39 is 0 Å². The van der Waals surface area contributed by atoms with E-state index in [1.807, 2.05) is 30.0 Å². The fourth-order valence-electron chi connectivity index (χ4n) is 3.11. The van der Waals surface area contributed by atoms with E-state index in [-0.39, 0.29) is 5.91 Å². The molecule has 3 nitrogen and oxygen atoms in total. The first-order valence-electron chi connectivity index (χ1n) is 7.17. The molecule has 2 aromatic carbocycles. The zero-order valence-corrected chi connectivity index (χ0v) is 12.4. The van der Waals surface area contributed by atoms with E-state index in [1.54, 1.807) is 0 Å². The van der Waals surface area contributed by atoms with Crippen LogP contribution in [0.3, 0.4) is 0 Å². The molecule has 1 N–H and O–H groups in total. The molecule has 2 aliphatic heterocycles. The number of benzene rings is 2. The predicted molar refractivity (Wildman–Crippen MR) is 87.2 cm³/mol. The largest absolute Gasteiger partial charge is 0.360 e. The van der Waals surface area contributed by atoms with Gasteiger partial charge in [0.05, 0.1) is 17.9 Å². The molecule has 0 bridgehead atoms. The van der Waals surface area contributed by atoms with Crippen molar-refractivity contribution in [2.45, 2.75) is 10.8 Å². The van der Waals surface area contributed by atoms with Gasteiger partial charge >= 0.3 is 0 Å². The number of thioether (sulfide) groups is 1. The molecule has 21 heavy (non-hydrogen) atoms. The van der Waals surface area contributed by atoms with Crippen LogP contribution < -0.4 is 10.2 Å². The Kier molecular flexibility index (Phi) is 3.11. The van der Waals surface area contributed by atoms with Gasteiger partial charge in [-0.2, -0.15) is 0 Å². The highest BCUT2D eigenvalue weighted by molar-refractivity contribution is 7.99. The third-order valence-corrected chi connectivity index (χ3v) is 5.34. The number of nitrogens with one attached hydrogen (secondary N) is 1. The molecule has 2 aromatic rings. The zero-order chi connectivity index (χ0) is 14.2. The fourth-order valence-corrected chi connectivity index (χ4v) is 4.35. The van der Waals surface area contributed by atoms with E-state index in [2.05, 4.69) is 40.5 Å². The Morgan fingerprint density at radius 3 is 2.90 bits per heavy atom. The Balaban J connectivity index is 1.63. The smallest absolute Gasteiger partial charge is 0.243 e. The Bertz CT molecular complexity index is 701. The maximum Gasteiger partial charge on any atom is 0.243 e. The van der Waals surface area contributed by atoms with E-state index in [4.69, 9.17) is 0 Å². The molecule has 4 heteroatoms. The lowest BCUT2D eigenvalue weighted by atomic mass is 10.00. The van der Waals surface area contributed by atoms with Crippen LogP contribution in [-0.4, -0.2) is 24.7 Å². The molecule has 2 aliphatic rings. The molecule has 106 valence electrons. The van der Waals surface area contributed by atoms with Crippen LogP contribution >= 0.6 is 11.8 Å². The molecule has 0 aliphatic carbocycles. The van der Waals surface area contributed by atoms with E-state index in [9.17, 15) is 4.79 Å². The highest BCUT2D eigenvalue weighted by Gasteiger charge is 2.28. The van der Waals surface area contributed by atoms with Crippen molar-refractivity contribution < 1.29 is 4.79 Å². The molecule has 0 saturated heterocycles. The van der Waals surface area contributed by atoms with Crippen LogP contribution in [-0.2, 0) is 4.79 Å². The highest BCUT2D eigenvalue weighted by atomic mass is 32.2. The number of rotatable bonds is 2. The second-order valence-corrected chi connectivity index (χ2v) is 6.55. The van der Waals surface area contributed by atoms with Gasteiger partial charge in [-0.05, 0) is 23.8 Å². The summed E-state index contributed by atoms with van der Waals surface area (Å²) in [6.45, 7) is 1.34. The van der Waals surface area contributed by atoms with Crippen molar-refractivity contribution in [2.24, 2.45) is 0 Å². The summed E-state index contributed by atoms with van der Waals surface area (Å²) in [4.78, 5) is 15.5. The predicted octanol–water partition coefficient (Wildman–Crippen LogP) is 3.33. The summed E-state index contributed by atoms with van der Waals surface area (Å²) in [6, 6.07) is 16.7. The van der Waals surface area contributed by atoms with Crippen molar-refractivity contribution in [2.75, 3.05) is 29.1 Å². The Morgan fingerprint density at radius 1 is 1.14 bits per heavy atom. The summed E-state index contributed by atoms with van der Waals surface area (Å²) in [6.07, 6.45) is 0. The van der Waals surface area contributed by atoms with Crippen LogP contribution in [0.1, 0.15) is 11.5 Å². The van der Waals surface area contributed by atoms with Crippen molar-refractivity contribution >= 4 is 29.0 Å². The van der Waals surface area contributed by atoms with Crippen molar-refractivity contribution in [1.82, 2.24) is 0 Å². The molecule has 2 heterocycles. The first kappa shape index (κ1) is 12.8. The molecule has 0 saturated carbocycles. The van der Waals surface area contributed by atoms with E-state index >= 15 is 0 Å². The van der Waals surface area contributed by atoms with E-state index in [1.165, 1.54) is 10.5 Å². The molecular weight excluding hydrogens is 280 g/mol. The fraction of sp³-hybridized carbons (Fsp3) is 0.235. The van der Waals surface area contributed by atoms with E-state index in [0.29, 0.717) is 12.5 Å². The van der Waals surface area contributed by atoms with Gasteiger partial charge in [0.25, 0.3) is 0 Å². The van der Waals surface area contributed by atoms with Crippen molar-refractivity contribution in [3.8, 4) is 0 Å². The summed E-state index contributed by atoms with van der Waals surface area (Å²) in [5, 5.41) is 2.95. The molecular formula is C17H16N2OS. The summed E-state index contributed by atoms with van der Waals surface area (Å²) >= 11 is 1.92. The number of amides is 1. The van der Waals surface area contributed by atoms with Gasteiger partial charge in [-0.1, -0.05) is 30.3 Å². The third-order valence-electron chi connectivity index (χ3n) is 4.09. The van der Waals surface area contributed by atoms with Crippen LogP contribution in [0.15, 0.2) is 53.4 Å². The molecule has 1 amide bonds. The SMILES string of the molecule is O=C1CN(CC2CSc3ccccc32)c2ccccc2N1. The third kappa shape index (κ3) is 2.29. The quantitative estimate of drug-likeness (QED) is 0.922. The van der Waals surface area contributed by atoms with Crippen LogP contribution in [0.5, 0.6) is 0 Å². The molecule has 0 spiro atoms. The molecule has 4 rings (SSSR count). The van der Waals surface area contributed by atoms with E-state index in [0.717, 1.165) is 23.7 Å². The summed E-state index contributed by atoms with van der Waals surface area (Å²) in [5.41, 5.74) is 3.48. The maximum absolute atomic E-state index is 11.9. The summed E-state index contributed by atoms with van der Waals surface area (Å²) < 4.78 is 0. The second-order valence-electron chi connectivity index (χ2n) is 5.49. The number of carbonyl (C=O) groups is 1. The van der Waals surface area contributed by atoms with Crippen LogP contribution in [0.4, 0.5) is 11.4 Å². The topological polar surface area (TPSA) is 32.3 Å². The number of fused-ring (bicyclic) bond motifs is 2. The molecule has 0 aromatic heterocycles. The average molecular weight is 296 g/mol. The number of carbonyl (C=O) groups excluding carboxylic acids is 1. The molecule has 0 radical (unpaired) electrons. The maximum atomic E-state index is 11.9. The normalized spacial score (nSPS) is 19.9. The summed E-state index contributed by atoms with van der Waals surface area (Å²) in [5.74, 6) is 1.66. The van der Waals surface area contributed by atoms with Gasteiger partial charge in [0.2, 0.25) is 5.91 Å². The van der Waals surface area contributed by atoms with Gasteiger partial charge in [0.15, 0.2) is 0 Å². The number of anilines is 2. The molecule has 1 unspecified atom stereocenters. The zero-order valence-electron chi connectivity index (χ0n) is 11.6. The number of para-hydroxylation sites is 2. The minimum absolute atomic E-state index is 0.0765. The highest BCUT2D eigenvalue weighted by Crippen LogP contribution is 2.41. The van der Waals surface area contributed by atoms with Crippen molar-refractivity contribution in [3.63, 3.8) is 0 Å². The summed E-state index contributed by atoms with van der Waals surface area (Å²) in [7, 11) is 0. The molecule has 0 fully saturated rings. The van der Waals surface area contributed by atoms with Crippen molar-refractivity contribution in [3.05, 3.63) is 54.1 Å².